The van der Waals surface area contributed by atoms with Crippen molar-refractivity contribution in [3.8, 4) is 0 Å². The summed E-state index contributed by atoms with van der Waals surface area (Å²) in [5, 5.41) is 11.1. The molecule has 3 rings (SSSR count). The van der Waals surface area contributed by atoms with E-state index in [2.05, 4.69) is 20.2 Å². The van der Waals surface area contributed by atoms with E-state index in [4.69, 9.17) is 4.74 Å². The number of hydrogen-bond acceptors (Lipinski definition) is 6. The first-order chi connectivity index (χ1) is 12.1. The van der Waals surface area contributed by atoms with Gasteiger partial charge < -0.3 is 10.1 Å². The molecule has 1 aromatic carbocycles. The van der Waals surface area contributed by atoms with E-state index < -0.39 is 10.0 Å². The van der Waals surface area contributed by atoms with E-state index >= 15 is 0 Å². The first-order valence-electron chi connectivity index (χ1n) is 8.34. The molecule has 1 aliphatic rings. The summed E-state index contributed by atoms with van der Waals surface area (Å²) in [6.07, 6.45) is 2.78. The standard InChI is InChI=1S/C17H22N4O3S/c22-25(23,12-10-14-5-2-1-3-6-14)21-17-9-8-16(19-20-17)18-13-15-7-4-11-24-15/h1-3,5-6,8-9,15H,4,7,10-13H2,(H,18,19)(H,20,21). The molecule has 1 fully saturated rings. The number of nitrogens with one attached hydrogen (secondary N) is 2. The Kier molecular flexibility index (Phi) is 5.83. The zero-order valence-electron chi connectivity index (χ0n) is 13.9. The van der Waals surface area contributed by atoms with Crippen molar-refractivity contribution in [3.05, 3.63) is 48.0 Å². The van der Waals surface area contributed by atoms with Gasteiger partial charge in [0.2, 0.25) is 10.0 Å². The Morgan fingerprint density at radius 1 is 1.08 bits per heavy atom. The highest BCUT2D eigenvalue weighted by atomic mass is 32.2. The number of anilines is 2. The number of rotatable bonds is 8. The van der Waals surface area contributed by atoms with E-state index in [1.807, 2.05) is 30.3 Å². The molecule has 0 saturated carbocycles. The second-order valence-electron chi connectivity index (χ2n) is 5.98. The minimum Gasteiger partial charge on any atom is -0.376 e. The second kappa shape index (κ2) is 8.26. The number of sulfonamides is 1. The summed E-state index contributed by atoms with van der Waals surface area (Å²) in [7, 11) is -3.46. The molecule has 134 valence electrons. The molecule has 2 heterocycles. The normalized spacial score (nSPS) is 17.4. The van der Waals surface area contributed by atoms with Gasteiger partial charge >= 0.3 is 0 Å². The minimum absolute atomic E-state index is 0.00227. The summed E-state index contributed by atoms with van der Waals surface area (Å²) < 4.78 is 32.3. The molecule has 0 radical (unpaired) electrons. The van der Waals surface area contributed by atoms with Gasteiger partial charge in [-0.05, 0) is 37.0 Å². The molecule has 0 amide bonds. The number of nitrogens with zero attached hydrogens (tertiary/aromatic N) is 2. The van der Waals surface area contributed by atoms with E-state index in [0.29, 0.717) is 18.8 Å². The highest BCUT2D eigenvalue weighted by molar-refractivity contribution is 7.92. The molecule has 2 N–H and O–H groups in total. The maximum atomic E-state index is 12.1. The molecule has 0 aliphatic carbocycles. The van der Waals surface area contributed by atoms with Crippen molar-refractivity contribution < 1.29 is 13.2 Å². The molecule has 2 aromatic rings. The molecule has 1 aromatic heterocycles. The van der Waals surface area contributed by atoms with Crippen LogP contribution in [0.4, 0.5) is 11.6 Å². The van der Waals surface area contributed by atoms with E-state index in [9.17, 15) is 8.42 Å². The van der Waals surface area contributed by atoms with E-state index in [-0.39, 0.29) is 17.7 Å². The van der Waals surface area contributed by atoms with Crippen molar-refractivity contribution in [3.63, 3.8) is 0 Å². The van der Waals surface area contributed by atoms with Crippen molar-refractivity contribution in [2.45, 2.75) is 25.4 Å². The Balaban J connectivity index is 1.49. The SMILES string of the molecule is O=S(=O)(CCc1ccccc1)Nc1ccc(NCC2CCCO2)nn1. The van der Waals surface area contributed by atoms with Crippen LogP contribution in [0.3, 0.4) is 0 Å². The monoisotopic (exact) mass is 362 g/mol. The van der Waals surface area contributed by atoms with Crippen LogP contribution >= 0.6 is 0 Å². The molecule has 25 heavy (non-hydrogen) atoms. The Bertz CT molecular complexity index is 760. The third-order valence-electron chi connectivity index (χ3n) is 3.96. The molecular formula is C17H22N4O3S. The van der Waals surface area contributed by atoms with Crippen LogP contribution in [0.1, 0.15) is 18.4 Å². The second-order valence-corrected chi connectivity index (χ2v) is 7.82. The highest BCUT2D eigenvalue weighted by Gasteiger charge is 2.15. The first kappa shape index (κ1) is 17.6. The van der Waals surface area contributed by atoms with Gasteiger partial charge in [-0.1, -0.05) is 30.3 Å². The van der Waals surface area contributed by atoms with Crippen LogP contribution in [-0.2, 0) is 21.2 Å². The number of aromatic nitrogens is 2. The average molecular weight is 362 g/mol. The zero-order valence-corrected chi connectivity index (χ0v) is 14.7. The molecule has 8 heteroatoms. The highest BCUT2D eigenvalue weighted by Crippen LogP contribution is 2.14. The van der Waals surface area contributed by atoms with Gasteiger partial charge in [0, 0.05) is 13.2 Å². The van der Waals surface area contributed by atoms with Gasteiger partial charge in [-0.2, -0.15) is 0 Å². The summed E-state index contributed by atoms with van der Waals surface area (Å²) in [6, 6.07) is 12.8. The Hall–Kier alpha value is -2.19. The Labute approximate surface area is 147 Å². The van der Waals surface area contributed by atoms with Crippen molar-refractivity contribution in [1.82, 2.24) is 10.2 Å². The quantitative estimate of drug-likeness (QED) is 0.747. The predicted molar refractivity (Wildman–Crippen MR) is 97.1 cm³/mol. The smallest absolute Gasteiger partial charge is 0.234 e. The fraction of sp³-hybridized carbons (Fsp3) is 0.412. The first-order valence-corrected chi connectivity index (χ1v) is 9.99. The van der Waals surface area contributed by atoms with Crippen LogP contribution in [0, 0.1) is 0 Å². The third-order valence-corrected chi connectivity index (χ3v) is 5.22. The molecule has 1 saturated heterocycles. The van der Waals surface area contributed by atoms with Gasteiger partial charge in [-0.15, -0.1) is 10.2 Å². The molecular weight excluding hydrogens is 340 g/mol. The van der Waals surface area contributed by atoms with Gasteiger partial charge in [0.25, 0.3) is 0 Å². The summed E-state index contributed by atoms with van der Waals surface area (Å²) in [6.45, 7) is 1.48. The van der Waals surface area contributed by atoms with Crippen LogP contribution < -0.4 is 10.0 Å². The molecule has 1 atom stereocenters. The van der Waals surface area contributed by atoms with Gasteiger partial charge in [-0.3, -0.25) is 4.72 Å². The lowest BCUT2D eigenvalue weighted by atomic mass is 10.2. The van der Waals surface area contributed by atoms with Gasteiger partial charge in [0.1, 0.15) is 5.82 Å². The summed E-state index contributed by atoms with van der Waals surface area (Å²) in [4.78, 5) is 0. The van der Waals surface area contributed by atoms with Crippen molar-refractivity contribution in [2.24, 2.45) is 0 Å². The van der Waals surface area contributed by atoms with E-state index in [1.54, 1.807) is 12.1 Å². The number of ether oxygens (including phenoxy) is 1. The largest absolute Gasteiger partial charge is 0.376 e. The van der Waals surface area contributed by atoms with Crippen molar-refractivity contribution >= 4 is 21.7 Å². The van der Waals surface area contributed by atoms with E-state index in [0.717, 1.165) is 25.0 Å². The zero-order chi connectivity index (χ0) is 17.5. The van der Waals surface area contributed by atoms with Crippen LogP contribution in [0.2, 0.25) is 0 Å². The molecule has 7 nitrogen and oxygen atoms in total. The van der Waals surface area contributed by atoms with Crippen molar-refractivity contribution in [2.75, 3.05) is 28.9 Å². The predicted octanol–water partition coefficient (Wildman–Crippen LogP) is 2.05. The number of hydrogen-bond donors (Lipinski definition) is 2. The number of benzene rings is 1. The summed E-state index contributed by atoms with van der Waals surface area (Å²) >= 11 is 0. The van der Waals surface area contributed by atoms with Crippen LogP contribution in [0.15, 0.2) is 42.5 Å². The maximum absolute atomic E-state index is 12.1. The fourth-order valence-electron chi connectivity index (χ4n) is 2.61. The lowest BCUT2D eigenvalue weighted by Gasteiger charge is -2.11. The Morgan fingerprint density at radius 3 is 2.52 bits per heavy atom. The molecule has 0 bridgehead atoms. The fourth-order valence-corrected chi connectivity index (χ4v) is 3.65. The van der Waals surface area contributed by atoms with Crippen LogP contribution in [0.25, 0.3) is 0 Å². The topological polar surface area (TPSA) is 93.2 Å². The summed E-state index contributed by atoms with van der Waals surface area (Å²) in [5.41, 5.74) is 0.979. The van der Waals surface area contributed by atoms with Crippen molar-refractivity contribution in [1.29, 1.82) is 0 Å². The Morgan fingerprint density at radius 2 is 1.84 bits per heavy atom. The lowest BCUT2D eigenvalue weighted by molar-refractivity contribution is 0.120. The molecule has 0 spiro atoms. The van der Waals surface area contributed by atoms with Gasteiger partial charge in [0.15, 0.2) is 5.82 Å². The van der Waals surface area contributed by atoms with Crippen LogP contribution in [-0.4, -0.2) is 43.6 Å². The maximum Gasteiger partial charge on any atom is 0.234 e. The summed E-state index contributed by atoms with van der Waals surface area (Å²) in [5.74, 6) is 0.816. The van der Waals surface area contributed by atoms with Crippen LogP contribution in [0.5, 0.6) is 0 Å². The third kappa shape index (κ3) is 5.68. The molecule has 1 aliphatic heterocycles. The number of aryl methyl sites for hydroxylation is 1. The average Bonchev–Trinajstić information content (AvgIpc) is 3.14. The van der Waals surface area contributed by atoms with Gasteiger partial charge in [0.05, 0.1) is 11.9 Å². The van der Waals surface area contributed by atoms with E-state index in [1.165, 1.54) is 0 Å². The van der Waals surface area contributed by atoms with Gasteiger partial charge in [-0.25, -0.2) is 8.42 Å². The minimum atomic E-state index is -3.46. The lowest BCUT2D eigenvalue weighted by Crippen LogP contribution is -2.20. The molecule has 1 unspecified atom stereocenters.